The maximum atomic E-state index is 11.7. The monoisotopic (exact) mass is 204 g/mol. The van der Waals surface area contributed by atoms with Crippen LogP contribution in [0.5, 0.6) is 0 Å². The second kappa shape index (κ2) is 3.34. The Kier molecular flexibility index (Phi) is 2.78. The van der Waals surface area contributed by atoms with E-state index in [0.717, 1.165) is 16.6 Å². The lowest BCUT2D eigenvalue weighted by molar-refractivity contribution is -0.134. The molecule has 0 aliphatic carbocycles. The van der Waals surface area contributed by atoms with Crippen LogP contribution in [0.2, 0.25) is 0 Å². The number of carbonyl (C=O) groups excluding carboxylic acids is 1. The van der Waals surface area contributed by atoms with E-state index in [9.17, 15) is 4.79 Å². The van der Waals surface area contributed by atoms with Crippen molar-refractivity contribution in [2.24, 2.45) is 5.41 Å². The number of hydrogen-bond acceptors (Lipinski definition) is 3. The Morgan fingerprint density at radius 1 is 1.58 bits per heavy atom. The predicted molar refractivity (Wildman–Crippen MR) is 56.2 cm³/mol. The van der Waals surface area contributed by atoms with Gasteiger partial charge in [0.05, 0.1) is 0 Å². The number of rotatable bonds is 0. The lowest BCUT2D eigenvalue weighted by Gasteiger charge is -2.24. The molecule has 0 radical (unpaired) electrons. The largest absolute Gasteiger partial charge is 0.296 e. The third-order valence-electron chi connectivity index (χ3n) is 1.65. The molecule has 4 heteroatoms. The first-order valence-electron chi connectivity index (χ1n) is 3.91. The molecular weight excluding hydrogens is 191 g/mol. The highest BCUT2D eigenvalue weighted by Gasteiger charge is 2.32. The molecular formula is C8H13NOS2. The summed E-state index contributed by atoms with van der Waals surface area (Å²) >= 11 is 6.64. The van der Waals surface area contributed by atoms with Crippen molar-refractivity contribution in [2.45, 2.75) is 20.8 Å². The van der Waals surface area contributed by atoms with Gasteiger partial charge in [0.25, 0.3) is 0 Å². The molecule has 0 aromatic heterocycles. The molecule has 1 rings (SSSR count). The molecule has 1 aliphatic rings. The number of thioether (sulfide) groups is 1. The smallest absolute Gasteiger partial charge is 0.233 e. The lowest BCUT2D eigenvalue weighted by atomic mass is 9.96. The van der Waals surface area contributed by atoms with E-state index in [1.54, 1.807) is 16.7 Å². The third-order valence-corrected chi connectivity index (χ3v) is 3.08. The van der Waals surface area contributed by atoms with Gasteiger partial charge in [-0.1, -0.05) is 44.8 Å². The highest BCUT2D eigenvalue weighted by atomic mass is 32.2. The van der Waals surface area contributed by atoms with E-state index in [1.165, 1.54) is 0 Å². The van der Waals surface area contributed by atoms with Crippen LogP contribution in [0.25, 0.3) is 0 Å². The molecule has 0 aromatic rings. The molecule has 1 aliphatic heterocycles. The zero-order valence-electron chi connectivity index (χ0n) is 7.59. The Labute approximate surface area is 82.7 Å². The highest BCUT2D eigenvalue weighted by molar-refractivity contribution is 8.23. The Hall–Kier alpha value is -0.0900. The zero-order chi connectivity index (χ0) is 9.35. The molecule has 1 saturated heterocycles. The molecule has 0 aromatic carbocycles. The van der Waals surface area contributed by atoms with Gasteiger partial charge in [-0.15, -0.1) is 0 Å². The fourth-order valence-corrected chi connectivity index (χ4v) is 2.19. The Bertz CT molecular complexity index is 220. The Balaban J connectivity index is 2.71. The van der Waals surface area contributed by atoms with E-state index in [0.29, 0.717) is 0 Å². The van der Waals surface area contributed by atoms with E-state index in [1.807, 2.05) is 20.8 Å². The van der Waals surface area contributed by atoms with Crippen molar-refractivity contribution in [2.75, 3.05) is 12.3 Å². The van der Waals surface area contributed by atoms with E-state index >= 15 is 0 Å². The second-order valence-electron chi connectivity index (χ2n) is 3.82. The van der Waals surface area contributed by atoms with Gasteiger partial charge in [-0.25, -0.2) is 0 Å². The SMILES string of the molecule is CC(C)(C)C(=O)[15N]1CCSC1=S. The second-order valence-corrected chi connectivity index (χ2v) is 5.55. The van der Waals surface area contributed by atoms with Crippen LogP contribution in [0.15, 0.2) is 0 Å². The molecule has 1 amide bonds. The van der Waals surface area contributed by atoms with Crippen LogP contribution in [-0.4, -0.2) is 27.4 Å². The van der Waals surface area contributed by atoms with Gasteiger partial charge in [0.1, 0.15) is 4.32 Å². The van der Waals surface area contributed by atoms with Crippen molar-refractivity contribution >= 4 is 34.2 Å². The summed E-state index contributed by atoms with van der Waals surface area (Å²) in [5, 5.41) is 0. The van der Waals surface area contributed by atoms with Gasteiger partial charge in [0.2, 0.25) is 5.91 Å². The molecule has 0 unspecified atom stereocenters. The number of carbonyl (C=O) groups is 1. The minimum atomic E-state index is -0.311. The number of hydrogen-bond donors (Lipinski definition) is 0. The maximum Gasteiger partial charge on any atom is 0.233 e. The Morgan fingerprint density at radius 3 is 2.50 bits per heavy atom. The molecule has 2 nitrogen and oxygen atoms in total. The van der Waals surface area contributed by atoms with Crippen LogP contribution in [0, 0.1) is 5.41 Å². The van der Waals surface area contributed by atoms with Crippen molar-refractivity contribution in [3.8, 4) is 0 Å². The van der Waals surface area contributed by atoms with E-state index in [2.05, 4.69) is 0 Å². The van der Waals surface area contributed by atoms with Crippen molar-refractivity contribution in [3.05, 3.63) is 0 Å². The molecule has 0 spiro atoms. The standard InChI is InChI=1S/C8H13NOS2/c1-8(2,3)6(10)9-4-5-12-7(9)11/h4-5H2,1-3H3/i9+1. The van der Waals surface area contributed by atoms with Crippen LogP contribution in [0.3, 0.4) is 0 Å². The average molecular weight is 204 g/mol. The first-order valence-corrected chi connectivity index (χ1v) is 5.31. The zero-order valence-corrected chi connectivity index (χ0v) is 9.22. The average Bonchev–Trinajstić information content (AvgIpc) is 2.31. The molecule has 1 fully saturated rings. The summed E-state index contributed by atoms with van der Waals surface area (Å²) in [7, 11) is 0. The summed E-state index contributed by atoms with van der Waals surface area (Å²) in [6, 6.07) is 0. The molecule has 0 saturated carbocycles. The number of nitrogens with zero attached hydrogens (tertiary/aromatic N) is 1. The van der Waals surface area contributed by atoms with E-state index < -0.39 is 0 Å². The number of amides is 1. The topological polar surface area (TPSA) is 20.3 Å². The lowest BCUT2D eigenvalue weighted by Crippen LogP contribution is -2.39. The quantitative estimate of drug-likeness (QED) is 0.444. The maximum absolute atomic E-state index is 11.7. The summed E-state index contributed by atoms with van der Waals surface area (Å²) in [5.74, 6) is 1.08. The van der Waals surface area contributed by atoms with Gasteiger partial charge >= 0.3 is 0 Å². The summed E-state index contributed by atoms with van der Waals surface area (Å²) < 4.78 is 0.731. The highest BCUT2D eigenvalue weighted by Crippen LogP contribution is 2.24. The van der Waals surface area contributed by atoms with E-state index in [-0.39, 0.29) is 11.3 Å². The molecule has 68 valence electrons. The van der Waals surface area contributed by atoms with Gasteiger partial charge < -0.3 is 0 Å². The fraction of sp³-hybridized carbons (Fsp3) is 0.750. The summed E-state index contributed by atoms with van der Waals surface area (Å²) in [6.07, 6.45) is 0. The third kappa shape index (κ3) is 1.98. The number of thiocarbonyl (C=S) groups is 1. The predicted octanol–water partition coefficient (Wildman–Crippen LogP) is 1.89. The normalized spacial score (nSPS) is 18.6. The molecule has 12 heavy (non-hydrogen) atoms. The summed E-state index contributed by atoms with van der Waals surface area (Å²) in [5.41, 5.74) is -0.311. The van der Waals surface area contributed by atoms with Crippen molar-refractivity contribution in [1.29, 1.82) is 0 Å². The summed E-state index contributed by atoms with van der Waals surface area (Å²) in [4.78, 5) is 13.4. The van der Waals surface area contributed by atoms with Crippen LogP contribution < -0.4 is 0 Å². The minimum Gasteiger partial charge on any atom is -0.296 e. The van der Waals surface area contributed by atoms with Gasteiger partial charge in [0, 0.05) is 17.7 Å². The van der Waals surface area contributed by atoms with Gasteiger partial charge in [-0.2, -0.15) is 0 Å². The van der Waals surface area contributed by atoms with Crippen molar-refractivity contribution in [3.63, 3.8) is 0 Å². The van der Waals surface area contributed by atoms with Crippen LogP contribution in [-0.2, 0) is 4.79 Å². The van der Waals surface area contributed by atoms with Crippen LogP contribution in [0.4, 0.5) is 0 Å². The van der Waals surface area contributed by atoms with Gasteiger partial charge in [-0.05, 0) is 0 Å². The molecule has 1 heterocycles. The molecule has 0 N–H and O–H groups in total. The first kappa shape index (κ1) is 9.99. The fourth-order valence-electron chi connectivity index (χ4n) is 0.983. The van der Waals surface area contributed by atoms with Crippen molar-refractivity contribution < 1.29 is 4.79 Å². The van der Waals surface area contributed by atoms with Gasteiger partial charge in [0.15, 0.2) is 0 Å². The Morgan fingerprint density at radius 2 is 2.17 bits per heavy atom. The summed E-state index contributed by atoms with van der Waals surface area (Å²) in [6.45, 7) is 6.53. The molecule has 0 atom stereocenters. The molecule has 0 bridgehead atoms. The van der Waals surface area contributed by atoms with Crippen molar-refractivity contribution in [1.82, 2.24) is 4.90 Å². The van der Waals surface area contributed by atoms with E-state index in [4.69, 9.17) is 12.2 Å². The minimum absolute atomic E-state index is 0.137. The van der Waals surface area contributed by atoms with Crippen LogP contribution in [0.1, 0.15) is 20.8 Å². The van der Waals surface area contributed by atoms with Crippen LogP contribution >= 0.6 is 24.0 Å². The first-order chi connectivity index (χ1) is 5.43. The van der Waals surface area contributed by atoms with Gasteiger partial charge in [-0.3, -0.25) is 9.69 Å².